The van der Waals surface area contributed by atoms with Crippen molar-refractivity contribution in [2.24, 2.45) is 4.99 Å². The van der Waals surface area contributed by atoms with Crippen molar-refractivity contribution in [1.29, 1.82) is 0 Å². The van der Waals surface area contributed by atoms with E-state index in [1.54, 1.807) is 21.1 Å². The van der Waals surface area contributed by atoms with Crippen LogP contribution in [-0.4, -0.2) is 45.1 Å². The molecule has 0 atom stereocenters. The standard InChI is InChI=1S/C14H22N4O/c1-10-8-7-9-11(2)12(10)17(5)13(15-3)18(6)14(19)16-4/h7-9H,1-6H3,(H,16,19). The summed E-state index contributed by atoms with van der Waals surface area (Å²) in [7, 11) is 6.90. The molecule has 1 N–H and O–H groups in total. The topological polar surface area (TPSA) is 47.9 Å². The van der Waals surface area contributed by atoms with Gasteiger partial charge in [0.1, 0.15) is 0 Å². The van der Waals surface area contributed by atoms with E-state index >= 15 is 0 Å². The summed E-state index contributed by atoms with van der Waals surface area (Å²) in [6.07, 6.45) is 0. The van der Waals surface area contributed by atoms with Crippen molar-refractivity contribution in [1.82, 2.24) is 10.2 Å². The summed E-state index contributed by atoms with van der Waals surface area (Å²) in [6.45, 7) is 4.10. The third-order valence-electron chi connectivity index (χ3n) is 3.09. The maximum absolute atomic E-state index is 11.7. The number of nitrogens with one attached hydrogen (secondary N) is 1. The van der Waals surface area contributed by atoms with Crippen molar-refractivity contribution in [3.8, 4) is 0 Å². The molecule has 5 heteroatoms. The van der Waals surface area contributed by atoms with Gasteiger partial charge in [-0.05, 0) is 25.0 Å². The molecule has 0 aliphatic carbocycles. The van der Waals surface area contributed by atoms with Crippen LogP contribution < -0.4 is 10.2 Å². The summed E-state index contributed by atoms with van der Waals surface area (Å²) in [5.41, 5.74) is 3.36. The molecule has 0 saturated carbocycles. The summed E-state index contributed by atoms with van der Waals surface area (Å²) >= 11 is 0. The van der Waals surface area contributed by atoms with Crippen LogP contribution in [0.1, 0.15) is 11.1 Å². The Hall–Kier alpha value is -2.04. The molecule has 5 nitrogen and oxygen atoms in total. The van der Waals surface area contributed by atoms with Gasteiger partial charge in [-0.3, -0.25) is 9.89 Å². The molecule has 0 aliphatic rings. The van der Waals surface area contributed by atoms with Crippen LogP contribution in [0.5, 0.6) is 0 Å². The number of carbonyl (C=O) groups excluding carboxylic acids is 1. The van der Waals surface area contributed by atoms with E-state index in [-0.39, 0.29) is 6.03 Å². The van der Waals surface area contributed by atoms with Crippen LogP contribution in [0.4, 0.5) is 10.5 Å². The fourth-order valence-electron chi connectivity index (χ4n) is 2.22. The average molecular weight is 262 g/mol. The van der Waals surface area contributed by atoms with Crippen molar-refractivity contribution in [2.75, 3.05) is 33.1 Å². The molecule has 0 saturated heterocycles. The lowest BCUT2D eigenvalue weighted by Gasteiger charge is -2.29. The number of guanidine groups is 1. The quantitative estimate of drug-likeness (QED) is 0.621. The Labute approximate surface area is 114 Å². The van der Waals surface area contributed by atoms with Gasteiger partial charge in [-0.2, -0.15) is 0 Å². The highest BCUT2D eigenvalue weighted by Gasteiger charge is 2.20. The van der Waals surface area contributed by atoms with Gasteiger partial charge < -0.3 is 10.2 Å². The number of aryl methyl sites for hydroxylation is 2. The lowest BCUT2D eigenvalue weighted by Crippen LogP contribution is -2.47. The second-order valence-electron chi connectivity index (χ2n) is 4.44. The van der Waals surface area contributed by atoms with Gasteiger partial charge in [0.15, 0.2) is 0 Å². The van der Waals surface area contributed by atoms with Crippen LogP contribution in [0.15, 0.2) is 23.2 Å². The van der Waals surface area contributed by atoms with Crippen LogP contribution in [0, 0.1) is 13.8 Å². The van der Waals surface area contributed by atoms with E-state index in [0.717, 1.165) is 16.8 Å². The zero-order valence-corrected chi connectivity index (χ0v) is 12.5. The number of aliphatic imine (C=N–C) groups is 1. The minimum absolute atomic E-state index is 0.196. The van der Waals surface area contributed by atoms with Crippen molar-refractivity contribution >= 4 is 17.7 Å². The van der Waals surface area contributed by atoms with Crippen LogP contribution in [0.3, 0.4) is 0 Å². The van der Waals surface area contributed by atoms with Gasteiger partial charge in [0.2, 0.25) is 5.96 Å². The van der Waals surface area contributed by atoms with E-state index < -0.39 is 0 Å². The van der Waals surface area contributed by atoms with E-state index in [1.807, 2.05) is 44.0 Å². The van der Waals surface area contributed by atoms with E-state index in [2.05, 4.69) is 10.3 Å². The van der Waals surface area contributed by atoms with Crippen molar-refractivity contribution < 1.29 is 4.79 Å². The minimum atomic E-state index is -0.196. The van der Waals surface area contributed by atoms with Crippen molar-refractivity contribution in [3.63, 3.8) is 0 Å². The molecular formula is C14H22N4O. The van der Waals surface area contributed by atoms with Gasteiger partial charge in [-0.1, -0.05) is 18.2 Å². The normalized spacial score (nSPS) is 11.2. The van der Waals surface area contributed by atoms with Crippen LogP contribution >= 0.6 is 0 Å². The first-order valence-corrected chi connectivity index (χ1v) is 6.16. The Balaban J connectivity index is 3.17. The molecule has 2 amide bonds. The highest BCUT2D eigenvalue weighted by atomic mass is 16.2. The van der Waals surface area contributed by atoms with Crippen molar-refractivity contribution in [3.05, 3.63) is 29.3 Å². The molecule has 104 valence electrons. The first-order chi connectivity index (χ1) is 8.93. The van der Waals surface area contributed by atoms with E-state index in [9.17, 15) is 4.79 Å². The minimum Gasteiger partial charge on any atom is -0.341 e. The zero-order valence-electron chi connectivity index (χ0n) is 12.5. The molecule has 1 rings (SSSR count). The largest absolute Gasteiger partial charge is 0.341 e. The number of rotatable bonds is 1. The molecule has 0 spiro atoms. The maximum Gasteiger partial charge on any atom is 0.323 e. The highest BCUT2D eigenvalue weighted by molar-refractivity contribution is 6.05. The van der Waals surface area contributed by atoms with Gasteiger partial charge in [-0.15, -0.1) is 0 Å². The van der Waals surface area contributed by atoms with Gasteiger partial charge in [0.25, 0.3) is 0 Å². The summed E-state index contributed by atoms with van der Waals surface area (Å²) in [6, 6.07) is 5.92. The predicted octanol–water partition coefficient (Wildman–Crippen LogP) is 2.00. The fourth-order valence-corrected chi connectivity index (χ4v) is 2.22. The molecule has 0 bridgehead atoms. The summed E-state index contributed by atoms with van der Waals surface area (Å²) < 4.78 is 0. The number of anilines is 1. The Kier molecular flexibility index (Phi) is 4.92. The maximum atomic E-state index is 11.7. The Bertz CT molecular complexity index is 476. The number of urea groups is 1. The molecule has 0 fully saturated rings. The number of carbonyl (C=O) groups is 1. The third-order valence-corrected chi connectivity index (χ3v) is 3.09. The second-order valence-corrected chi connectivity index (χ2v) is 4.44. The van der Waals surface area contributed by atoms with E-state index in [4.69, 9.17) is 0 Å². The average Bonchev–Trinajstić information content (AvgIpc) is 2.38. The third kappa shape index (κ3) is 3.05. The second kappa shape index (κ2) is 6.22. The summed E-state index contributed by atoms with van der Waals surface area (Å²) in [5, 5.41) is 2.59. The Morgan fingerprint density at radius 3 is 2.16 bits per heavy atom. The molecule has 0 aromatic heterocycles. The number of hydrogen-bond acceptors (Lipinski definition) is 2. The molecule has 19 heavy (non-hydrogen) atoms. The number of hydrogen-bond donors (Lipinski definition) is 1. The van der Waals surface area contributed by atoms with Crippen LogP contribution in [0.25, 0.3) is 0 Å². The first kappa shape index (κ1) is 15.0. The number of benzene rings is 1. The smallest absolute Gasteiger partial charge is 0.323 e. The fraction of sp³-hybridized carbons (Fsp3) is 0.429. The number of para-hydroxylation sites is 1. The van der Waals surface area contributed by atoms with Crippen molar-refractivity contribution in [2.45, 2.75) is 13.8 Å². The van der Waals surface area contributed by atoms with Gasteiger partial charge in [0, 0.05) is 33.9 Å². The molecular weight excluding hydrogens is 240 g/mol. The Morgan fingerprint density at radius 1 is 1.21 bits per heavy atom. The van der Waals surface area contributed by atoms with Gasteiger partial charge in [-0.25, -0.2) is 4.79 Å². The molecule has 1 aromatic rings. The monoisotopic (exact) mass is 262 g/mol. The molecule has 0 heterocycles. The zero-order chi connectivity index (χ0) is 14.6. The lowest BCUT2D eigenvalue weighted by molar-refractivity contribution is 0.228. The Morgan fingerprint density at radius 2 is 1.74 bits per heavy atom. The number of nitrogens with zero attached hydrogens (tertiary/aromatic N) is 3. The van der Waals surface area contributed by atoms with E-state index in [0.29, 0.717) is 5.96 Å². The van der Waals surface area contributed by atoms with Gasteiger partial charge >= 0.3 is 6.03 Å². The summed E-state index contributed by atoms with van der Waals surface area (Å²) in [4.78, 5) is 19.4. The molecule has 0 aliphatic heterocycles. The molecule has 1 aromatic carbocycles. The van der Waals surface area contributed by atoms with Crippen LogP contribution in [0.2, 0.25) is 0 Å². The van der Waals surface area contributed by atoms with E-state index in [1.165, 1.54) is 4.90 Å². The molecule has 0 unspecified atom stereocenters. The first-order valence-electron chi connectivity index (χ1n) is 6.16. The van der Waals surface area contributed by atoms with Gasteiger partial charge in [0.05, 0.1) is 0 Å². The molecule has 0 radical (unpaired) electrons. The predicted molar refractivity (Wildman–Crippen MR) is 79.9 cm³/mol. The summed E-state index contributed by atoms with van der Waals surface area (Å²) in [5.74, 6) is 0.594. The number of amides is 2. The lowest BCUT2D eigenvalue weighted by atomic mass is 10.1. The SMILES string of the molecule is CN=C(N(C)C(=O)NC)N(C)c1c(C)cccc1C. The highest BCUT2D eigenvalue weighted by Crippen LogP contribution is 2.24. The van der Waals surface area contributed by atoms with Crippen LogP contribution in [-0.2, 0) is 0 Å².